The molecule has 1 heterocycles. The van der Waals surface area contributed by atoms with Gasteiger partial charge in [-0.15, -0.1) is 0 Å². The molecule has 1 N–H and O–H groups in total. The van der Waals surface area contributed by atoms with Crippen molar-refractivity contribution in [3.05, 3.63) is 35.6 Å². The van der Waals surface area contributed by atoms with Gasteiger partial charge < -0.3 is 10.1 Å². The number of carbonyl (C=O) groups is 1. The summed E-state index contributed by atoms with van der Waals surface area (Å²) in [6, 6.07) is 6.19. The van der Waals surface area contributed by atoms with Gasteiger partial charge >= 0.3 is 5.97 Å². The van der Waals surface area contributed by atoms with E-state index in [1.807, 2.05) is 13.8 Å². The maximum atomic E-state index is 12.9. The van der Waals surface area contributed by atoms with Gasteiger partial charge in [-0.25, -0.2) is 4.39 Å². The van der Waals surface area contributed by atoms with Crippen molar-refractivity contribution in [2.45, 2.75) is 32.4 Å². The van der Waals surface area contributed by atoms with Crippen LogP contribution in [0.1, 0.15) is 31.9 Å². The van der Waals surface area contributed by atoms with Crippen LogP contribution in [0.5, 0.6) is 0 Å². The number of carbonyl (C=O) groups excluding carboxylic acids is 1. The van der Waals surface area contributed by atoms with Crippen LogP contribution >= 0.6 is 0 Å². The minimum absolute atomic E-state index is 0.0724. The summed E-state index contributed by atoms with van der Waals surface area (Å²) in [5.41, 5.74) is 0.930. The zero-order valence-corrected chi connectivity index (χ0v) is 10.7. The van der Waals surface area contributed by atoms with E-state index < -0.39 is 0 Å². The average molecular weight is 251 g/mol. The first-order valence-electron chi connectivity index (χ1n) is 6.27. The lowest BCUT2D eigenvalue weighted by atomic mass is 9.94. The van der Waals surface area contributed by atoms with E-state index in [1.54, 1.807) is 12.1 Å². The van der Waals surface area contributed by atoms with Gasteiger partial charge in [-0.3, -0.25) is 4.79 Å². The summed E-state index contributed by atoms with van der Waals surface area (Å²) in [5.74, 6) is -0.625. The summed E-state index contributed by atoms with van der Waals surface area (Å²) in [5, 5.41) is 3.27. The first-order chi connectivity index (χ1) is 8.58. The minimum atomic E-state index is -0.266. The van der Waals surface area contributed by atoms with Gasteiger partial charge in [-0.05, 0) is 44.5 Å². The quantitative estimate of drug-likeness (QED) is 0.838. The fourth-order valence-corrected chi connectivity index (χ4v) is 2.30. The van der Waals surface area contributed by atoms with Gasteiger partial charge in [-0.1, -0.05) is 12.1 Å². The van der Waals surface area contributed by atoms with Gasteiger partial charge in [0.25, 0.3) is 0 Å². The lowest BCUT2D eigenvalue weighted by Gasteiger charge is -2.20. The molecule has 1 aliphatic heterocycles. The van der Waals surface area contributed by atoms with Gasteiger partial charge in [0.1, 0.15) is 5.82 Å². The Labute approximate surface area is 106 Å². The van der Waals surface area contributed by atoms with E-state index >= 15 is 0 Å². The van der Waals surface area contributed by atoms with Crippen LogP contribution < -0.4 is 5.32 Å². The Balaban J connectivity index is 2.12. The number of hydrogen-bond donors (Lipinski definition) is 1. The standard InChI is InChI=1S/C14H18FNO2/c1-9(2)18-14(17)12-7-8-16-13(12)10-3-5-11(15)6-4-10/h3-6,9,12-13,16H,7-8H2,1-2H3/t12-,13-/m0/s1. The fourth-order valence-electron chi connectivity index (χ4n) is 2.30. The number of hydrogen-bond acceptors (Lipinski definition) is 3. The Morgan fingerprint density at radius 1 is 1.39 bits per heavy atom. The van der Waals surface area contributed by atoms with Crippen molar-refractivity contribution in [2.75, 3.05) is 6.54 Å². The summed E-state index contributed by atoms with van der Waals surface area (Å²) in [4.78, 5) is 12.0. The molecule has 0 radical (unpaired) electrons. The molecule has 2 atom stereocenters. The number of halogens is 1. The Hall–Kier alpha value is -1.42. The molecule has 0 spiro atoms. The SMILES string of the molecule is CC(C)OC(=O)[C@H]1CCN[C@H]1c1ccc(F)cc1. The summed E-state index contributed by atoms with van der Waals surface area (Å²) in [6.45, 7) is 4.46. The molecular formula is C14H18FNO2. The largest absolute Gasteiger partial charge is 0.463 e. The molecule has 3 nitrogen and oxygen atoms in total. The molecule has 0 aromatic heterocycles. The summed E-state index contributed by atoms with van der Waals surface area (Å²) >= 11 is 0. The van der Waals surface area contributed by atoms with Gasteiger partial charge in [-0.2, -0.15) is 0 Å². The molecule has 98 valence electrons. The highest BCUT2D eigenvalue weighted by molar-refractivity contribution is 5.74. The molecule has 1 aliphatic rings. The predicted octanol–water partition coefficient (Wildman–Crippen LogP) is 2.43. The third-order valence-corrected chi connectivity index (χ3v) is 3.11. The highest BCUT2D eigenvalue weighted by Crippen LogP contribution is 2.30. The van der Waals surface area contributed by atoms with Gasteiger partial charge in [0, 0.05) is 6.04 Å². The van der Waals surface area contributed by atoms with Crippen LogP contribution in [-0.2, 0) is 9.53 Å². The third kappa shape index (κ3) is 2.88. The van der Waals surface area contributed by atoms with Gasteiger partial charge in [0.2, 0.25) is 0 Å². The maximum absolute atomic E-state index is 12.9. The van der Waals surface area contributed by atoms with Crippen LogP contribution in [0.4, 0.5) is 4.39 Å². The average Bonchev–Trinajstić information content (AvgIpc) is 2.78. The van der Waals surface area contributed by atoms with Crippen molar-refractivity contribution in [1.29, 1.82) is 0 Å². The zero-order valence-electron chi connectivity index (χ0n) is 10.7. The van der Waals surface area contributed by atoms with Crippen molar-refractivity contribution in [3.63, 3.8) is 0 Å². The minimum Gasteiger partial charge on any atom is -0.463 e. The molecule has 0 amide bonds. The molecule has 0 unspecified atom stereocenters. The maximum Gasteiger partial charge on any atom is 0.311 e. The Morgan fingerprint density at radius 3 is 2.67 bits per heavy atom. The number of ether oxygens (including phenoxy) is 1. The smallest absolute Gasteiger partial charge is 0.311 e. The fraction of sp³-hybridized carbons (Fsp3) is 0.500. The molecule has 0 saturated carbocycles. The Morgan fingerprint density at radius 2 is 2.06 bits per heavy atom. The van der Waals surface area contributed by atoms with E-state index in [-0.39, 0.29) is 29.9 Å². The van der Waals surface area contributed by atoms with Crippen molar-refractivity contribution in [2.24, 2.45) is 5.92 Å². The Kier molecular flexibility index (Phi) is 3.97. The zero-order chi connectivity index (χ0) is 13.1. The van der Waals surface area contributed by atoms with E-state index in [1.165, 1.54) is 12.1 Å². The van der Waals surface area contributed by atoms with Crippen LogP contribution in [0, 0.1) is 11.7 Å². The molecule has 4 heteroatoms. The molecule has 1 aromatic carbocycles. The van der Waals surface area contributed by atoms with Crippen molar-refractivity contribution in [3.8, 4) is 0 Å². The molecule has 0 aliphatic carbocycles. The molecule has 18 heavy (non-hydrogen) atoms. The molecule has 1 fully saturated rings. The lowest BCUT2D eigenvalue weighted by Crippen LogP contribution is -2.27. The van der Waals surface area contributed by atoms with Crippen LogP contribution in [0.25, 0.3) is 0 Å². The van der Waals surface area contributed by atoms with E-state index in [0.717, 1.165) is 18.5 Å². The van der Waals surface area contributed by atoms with Crippen molar-refractivity contribution < 1.29 is 13.9 Å². The van der Waals surface area contributed by atoms with Crippen molar-refractivity contribution >= 4 is 5.97 Å². The second-order valence-electron chi connectivity index (χ2n) is 4.86. The van der Waals surface area contributed by atoms with Crippen molar-refractivity contribution in [1.82, 2.24) is 5.32 Å². The predicted molar refractivity (Wildman–Crippen MR) is 66.5 cm³/mol. The summed E-state index contributed by atoms with van der Waals surface area (Å²) < 4.78 is 18.1. The second-order valence-corrected chi connectivity index (χ2v) is 4.86. The molecule has 1 aromatic rings. The second kappa shape index (κ2) is 5.48. The van der Waals surface area contributed by atoms with Crippen LogP contribution in [-0.4, -0.2) is 18.6 Å². The first kappa shape index (κ1) is 13.0. The topological polar surface area (TPSA) is 38.3 Å². The lowest BCUT2D eigenvalue weighted by molar-refractivity contribution is -0.152. The van der Waals surface area contributed by atoms with Crippen LogP contribution in [0.2, 0.25) is 0 Å². The number of rotatable bonds is 3. The third-order valence-electron chi connectivity index (χ3n) is 3.11. The van der Waals surface area contributed by atoms with Crippen LogP contribution in [0.15, 0.2) is 24.3 Å². The van der Waals surface area contributed by atoms with E-state index in [2.05, 4.69) is 5.32 Å². The molecular weight excluding hydrogens is 233 g/mol. The van der Waals surface area contributed by atoms with E-state index in [0.29, 0.717) is 0 Å². The first-order valence-corrected chi connectivity index (χ1v) is 6.27. The number of nitrogens with one attached hydrogen (secondary N) is 1. The summed E-state index contributed by atoms with van der Waals surface area (Å²) in [6.07, 6.45) is 0.653. The van der Waals surface area contributed by atoms with Gasteiger partial charge in [0.15, 0.2) is 0 Å². The van der Waals surface area contributed by atoms with E-state index in [9.17, 15) is 9.18 Å². The Bertz CT molecular complexity index is 416. The normalized spacial score (nSPS) is 23.3. The van der Waals surface area contributed by atoms with Gasteiger partial charge in [0.05, 0.1) is 12.0 Å². The summed E-state index contributed by atoms with van der Waals surface area (Å²) in [7, 11) is 0. The molecule has 0 bridgehead atoms. The number of esters is 1. The highest BCUT2D eigenvalue weighted by atomic mass is 19.1. The number of benzene rings is 1. The van der Waals surface area contributed by atoms with Crippen LogP contribution in [0.3, 0.4) is 0 Å². The monoisotopic (exact) mass is 251 g/mol. The molecule has 1 saturated heterocycles. The molecule has 2 rings (SSSR count). The highest BCUT2D eigenvalue weighted by Gasteiger charge is 2.35. The van der Waals surface area contributed by atoms with E-state index in [4.69, 9.17) is 4.74 Å².